The number of benzene rings is 1. The van der Waals surface area contributed by atoms with E-state index < -0.39 is 17.2 Å². The Hall–Kier alpha value is -2.13. The summed E-state index contributed by atoms with van der Waals surface area (Å²) in [6, 6.07) is 7.59. The molecule has 7 nitrogen and oxygen atoms in total. The zero-order chi connectivity index (χ0) is 19.8. The quantitative estimate of drug-likeness (QED) is 0.248. The van der Waals surface area contributed by atoms with Crippen LogP contribution < -0.4 is 0 Å². The predicted octanol–water partition coefficient (Wildman–Crippen LogP) is 3.48. The van der Waals surface area contributed by atoms with E-state index in [1.165, 1.54) is 0 Å². The minimum atomic E-state index is -1.18. The van der Waals surface area contributed by atoms with Gasteiger partial charge in [-0.3, -0.25) is 9.59 Å². The molecule has 0 atom stereocenters. The number of hydrogen-bond donors (Lipinski definition) is 0. The van der Waals surface area contributed by atoms with Crippen LogP contribution in [-0.4, -0.2) is 45.2 Å². The molecule has 0 saturated carbocycles. The van der Waals surface area contributed by atoms with E-state index in [1.807, 2.05) is 24.3 Å². The topological polar surface area (TPSA) is 83.3 Å². The van der Waals surface area contributed by atoms with Gasteiger partial charge in [-0.2, -0.15) is 0 Å². The van der Waals surface area contributed by atoms with Crippen LogP contribution in [0, 0.1) is 0 Å². The molecule has 0 unspecified atom stereocenters. The van der Waals surface area contributed by atoms with Gasteiger partial charge in [0.2, 0.25) is 10.4 Å². The van der Waals surface area contributed by atoms with E-state index in [4.69, 9.17) is 9.47 Å². The van der Waals surface area contributed by atoms with Crippen LogP contribution in [0.5, 0.6) is 0 Å². The number of esters is 2. The highest BCUT2D eigenvalue weighted by Crippen LogP contribution is 2.27. The third kappa shape index (κ3) is 5.67. The van der Waals surface area contributed by atoms with E-state index in [0.29, 0.717) is 12.4 Å². The standard InChI is InChI=1S/C18H20BrN3O4S/c1-4-11-22-15(12-7-9-13(19)10-8-12)20-18(21-22)27-14(16(23)25-5-2)17(24)26-6-3/h4,7-10,14H,1,5-6,11H2,2-3H3. The maximum Gasteiger partial charge on any atom is 0.331 e. The Morgan fingerprint density at radius 1 is 1.22 bits per heavy atom. The molecular formula is C18H20BrN3O4S. The van der Waals surface area contributed by atoms with Crippen LogP contribution in [0.2, 0.25) is 0 Å². The lowest BCUT2D eigenvalue weighted by atomic mass is 10.2. The van der Waals surface area contributed by atoms with Crippen LogP contribution in [0.25, 0.3) is 11.4 Å². The van der Waals surface area contributed by atoms with Crippen LogP contribution in [0.15, 0.2) is 46.5 Å². The Morgan fingerprint density at radius 3 is 2.33 bits per heavy atom. The van der Waals surface area contributed by atoms with Crippen molar-refractivity contribution in [2.24, 2.45) is 0 Å². The summed E-state index contributed by atoms with van der Waals surface area (Å²) in [7, 11) is 0. The minimum Gasteiger partial charge on any atom is -0.465 e. The van der Waals surface area contributed by atoms with Crippen molar-refractivity contribution >= 4 is 39.6 Å². The highest BCUT2D eigenvalue weighted by Gasteiger charge is 2.32. The molecule has 0 N–H and O–H groups in total. The fourth-order valence-corrected chi connectivity index (χ4v) is 3.26. The second-order valence-corrected chi connectivity index (χ2v) is 7.19. The number of carbonyl (C=O) groups is 2. The van der Waals surface area contributed by atoms with E-state index >= 15 is 0 Å². The fraction of sp³-hybridized carbons (Fsp3) is 0.333. The second kappa shape index (κ2) is 10.3. The molecule has 0 bridgehead atoms. The molecule has 144 valence electrons. The Bertz CT molecular complexity index is 789. The number of rotatable bonds is 9. The average molecular weight is 454 g/mol. The molecule has 0 aliphatic carbocycles. The first-order chi connectivity index (χ1) is 13.0. The van der Waals surface area contributed by atoms with E-state index in [-0.39, 0.29) is 18.4 Å². The number of carbonyl (C=O) groups excluding carboxylic acids is 2. The van der Waals surface area contributed by atoms with Gasteiger partial charge in [-0.15, -0.1) is 11.7 Å². The third-order valence-electron chi connectivity index (χ3n) is 3.28. The number of aromatic nitrogens is 3. The van der Waals surface area contributed by atoms with Crippen LogP contribution >= 0.6 is 27.7 Å². The molecule has 0 amide bonds. The smallest absolute Gasteiger partial charge is 0.331 e. The first-order valence-corrected chi connectivity index (χ1v) is 9.99. The van der Waals surface area contributed by atoms with Crippen LogP contribution in [0.1, 0.15) is 13.8 Å². The van der Waals surface area contributed by atoms with Gasteiger partial charge in [0, 0.05) is 10.0 Å². The van der Waals surface area contributed by atoms with Crippen molar-refractivity contribution in [2.45, 2.75) is 30.8 Å². The third-order valence-corrected chi connectivity index (χ3v) is 4.81. The van der Waals surface area contributed by atoms with Crippen LogP contribution in [-0.2, 0) is 25.6 Å². The SMILES string of the molecule is C=CCn1nc(SC(C(=O)OCC)C(=O)OCC)nc1-c1ccc(Br)cc1. The van der Waals surface area contributed by atoms with Gasteiger partial charge in [0.05, 0.1) is 19.8 Å². The predicted molar refractivity (Wildman–Crippen MR) is 106 cm³/mol. The summed E-state index contributed by atoms with van der Waals surface area (Å²) in [4.78, 5) is 28.8. The lowest BCUT2D eigenvalue weighted by Crippen LogP contribution is -2.31. The number of ether oxygens (including phenoxy) is 2. The van der Waals surface area contributed by atoms with Crippen molar-refractivity contribution in [1.29, 1.82) is 0 Å². The molecule has 1 aromatic heterocycles. The van der Waals surface area contributed by atoms with Crippen molar-refractivity contribution < 1.29 is 19.1 Å². The lowest BCUT2D eigenvalue weighted by Gasteiger charge is -2.11. The van der Waals surface area contributed by atoms with Gasteiger partial charge < -0.3 is 9.47 Å². The lowest BCUT2D eigenvalue weighted by molar-refractivity contribution is -0.152. The Labute approximate surface area is 170 Å². The first-order valence-electron chi connectivity index (χ1n) is 8.31. The minimum absolute atomic E-state index is 0.164. The molecule has 2 aromatic rings. The van der Waals surface area contributed by atoms with E-state index in [9.17, 15) is 9.59 Å². The number of allylic oxidation sites excluding steroid dienone is 1. The highest BCUT2D eigenvalue weighted by atomic mass is 79.9. The highest BCUT2D eigenvalue weighted by molar-refractivity contribution is 9.10. The zero-order valence-corrected chi connectivity index (χ0v) is 17.5. The molecule has 0 saturated heterocycles. The van der Waals surface area contributed by atoms with Crippen molar-refractivity contribution in [3.05, 3.63) is 41.4 Å². The largest absolute Gasteiger partial charge is 0.465 e. The summed E-state index contributed by atoms with van der Waals surface area (Å²) in [5, 5.41) is 3.49. The number of halogens is 1. The average Bonchev–Trinajstić information content (AvgIpc) is 3.03. The summed E-state index contributed by atoms with van der Waals surface area (Å²) < 4.78 is 12.6. The maximum absolute atomic E-state index is 12.2. The molecule has 0 aliphatic rings. The summed E-state index contributed by atoms with van der Waals surface area (Å²) in [6.45, 7) is 7.84. The van der Waals surface area contributed by atoms with Crippen LogP contribution in [0.3, 0.4) is 0 Å². The monoisotopic (exact) mass is 453 g/mol. The summed E-state index contributed by atoms with van der Waals surface area (Å²) in [5.41, 5.74) is 0.850. The first kappa shape index (κ1) is 21.2. The Morgan fingerprint density at radius 2 is 1.81 bits per heavy atom. The molecule has 0 spiro atoms. The molecular weight excluding hydrogens is 434 g/mol. The van der Waals surface area contributed by atoms with Crippen molar-refractivity contribution in [3.8, 4) is 11.4 Å². The Kier molecular flexibility index (Phi) is 8.05. The van der Waals surface area contributed by atoms with Crippen molar-refractivity contribution in [3.63, 3.8) is 0 Å². The zero-order valence-electron chi connectivity index (χ0n) is 15.1. The summed E-state index contributed by atoms with van der Waals surface area (Å²) >= 11 is 4.31. The van der Waals surface area contributed by atoms with Gasteiger partial charge in [-0.05, 0) is 26.0 Å². The molecule has 0 fully saturated rings. The van der Waals surface area contributed by atoms with E-state index in [0.717, 1.165) is 21.8 Å². The van der Waals surface area contributed by atoms with E-state index in [1.54, 1.807) is 24.6 Å². The number of hydrogen-bond acceptors (Lipinski definition) is 7. The van der Waals surface area contributed by atoms with Gasteiger partial charge in [-0.25, -0.2) is 9.67 Å². The molecule has 0 aliphatic heterocycles. The molecule has 9 heteroatoms. The van der Waals surface area contributed by atoms with Gasteiger partial charge >= 0.3 is 11.9 Å². The molecule has 27 heavy (non-hydrogen) atoms. The van der Waals surface area contributed by atoms with Crippen LogP contribution in [0.4, 0.5) is 0 Å². The second-order valence-electron chi connectivity index (χ2n) is 5.20. The van der Waals surface area contributed by atoms with Gasteiger partial charge in [0.15, 0.2) is 5.82 Å². The summed E-state index contributed by atoms with van der Waals surface area (Å²) in [6.07, 6.45) is 1.69. The summed E-state index contributed by atoms with van der Waals surface area (Å²) in [5.74, 6) is -0.742. The molecule has 1 aromatic carbocycles. The normalized spacial score (nSPS) is 10.7. The van der Waals surface area contributed by atoms with Gasteiger partial charge in [0.25, 0.3) is 0 Å². The van der Waals surface area contributed by atoms with Gasteiger partial charge in [-0.1, -0.05) is 45.9 Å². The molecule has 0 radical (unpaired) electrons. The molecule has 1 heterocycles. The maximum atomic E-state index is 12.2. The van der Waals surface area contributed by atoms with Crippen molar-refractivity contribution in [1.82, 2.24) is 14.8 Å². The van der Waals surface area contributed by atoms with Crippen molar-refractivity contribution in [2.75, 3.05) is 13.2 Å². The number of nitrogens with zero attached hydrogens (tertiary/aromatic N) is 3. The fourth-order valence-electron chi connectivity index (χ4n) is 2.17. The Balaban J connectivity index is 2.34. The number of thioether (sulfide) groups is 1. The van der Waals surface area contributed by atoms with Gasteiger partial charge in [0.1, 0.15) is 0 Å². The molecule has 2 rings (SSSR count). The van der Waals surface area contributed by atoms with E-state index in [2.05, 4.69) is 32.6 Å².